The van der Waals surface area contributed by atoms with Crippen molar-refractivity contribution in [3.8, 4) is 6.07 Å². The van der Waals surface area contributed by atoms with Crippen molar-refractivity contribution in [2.75, 3.05) is 0 Å². The first-order valence-electron chi connectivity index (χ1n) is 8.78. The van der Waals surface area contributed by atoms with Crippen LogP contribution in [0.2, 0.25) is 0 Å². The van der Waals surface area contributed by atoms with E-state index in [4.69, 9.17) is 20.7 Å². The summed E-state index contributed by atoms with van der Waals surface area (Å²) in [7, 11) is 0. The lowest BCUT2D eigenvalue weighted by Crippen LogP contribution is -1.75. The van der Waals surface area contributed by atoms with Crippen molar-refractivity contribution in [1.82, 2.24) is 0 Å². The Morgan fingerprint density at radius 3 is 1.75 bits per heavy atom. The van der Waals surface area contributed by atoms with Crippen LogP contribution < -0.4 is 0 Å². The second-order valence-corrected chi connectivity index (χ2v) is 6.80. The smallest absolute Gasteiger partial charge is 0.190 e. The Kier molecular flexibility index (Phi) is 2.72. The molecule has 0 N–H and O–H groups in total. The maximum absolute atomic E-state index is 9.15. The first-order valence-corrected chi connectivity index (χ1v) is 8.78. The molecule has 0 radical (unpaired) electrons. The van der Waals surface area contributed by atoms with E-state index in [1.807, 2.05) is 42.5 Å². The normalized spacial score (nSPS) is 11.5. The number of benzene rings is 4. The second-order valence-electron chi connectivity index (χ2n) is 6.80. The zero-order chi connectivity index (χ0) is 18.8. The predicted octanol–water partition coefficient (Wildman–Crippen LogP) is 7.06. The van der Waals surface area contributed by atoms with Gasteiger partial charge in [-0.1, -0.05) is 12.1 Å². The van der Waals surface area contributed by atoms with Crippen LogP contribution in [-0.4, -0.2) is 0 Å². The third-order valence-electron chi connectivity index (χ3n) is 5.31. The van der Waals surface area contributed by atoms with Crippen molar-refractivity contribution >= 4 is 60.3 Å². The highest BCUT2D eigenvalue weighted by atomic mass is 16.3. The van der Waals surface area contributed by atoms with Gasteiger partial charge in [0.1, 0.15) is 22.3 Å². The molecule has 0 bridgehead atoms. The van der Waals surface area contributed by atoms with Crippen molar-refractivity contribution in [2.45, 2.75) is 0 Å². The standard InChI is InChI=1S/C24H10N2O2/c1-26-14-3-5-16-18-7-9-19-20(24(18)28-22(16)11-14)8-6-17-15-4-2-13(12-25)10-21(15)27-23(17)19/h2-11H. The van der Waals surface area contributed by atoms with Gasteiger partial charge >= 0.3 is 0 Å². The monoisotopic (exact) mass is 358 g/mol. The van der Waals surface area contributed by atoms with Gasteiger partial charge in [-0.05, 0) is 48.5 Å². The summed E-state index contributed by atoms with van der Waals surface area (Å²) in [6.45, 7) is 7.21. The van der Waals surface area contributed by atoms with Gasteiger partial charge in [-0.25, -0.2) is 4.85 Å². The van der Waals surface area contributed by atoms with Gasteiger partial charge in [0.2, 0.25) is 0 Å². The van der Waals surface area contributed by atoms with Gasteiger partial charge in [0.25, 0.3) is 0 Å². The van der Waals surface area contributed by atoms with Crippen LogP contribution in [0.15, 0.2) is 69.5 Å². The number of hydrogen-bond donors (Lipinski definition) is 0. The third kappa shape index (κ3) is 1.81. The lowest BCUT2D eigenvalue weighted by atomic mass is 10.0. The van der Waals surface area contributed by atoms with E-state index in [9.17, 15) is 0 Å². The number of nitrogens with zero attached hydrogens (tertiary/aromatic N) is 2. The quantitative estimate of drug-likeness (QED) is 0.273. The van der Waals surface area contributed by atoms with Gasteiger partial charge in [0, 0.05) is 32.3 Å². The van der Waals surface area contributed by atoms with Crippen molar-refractivity contribution in [1.29, 1.82) is 5.26 Å². The molecule has 0 aliphatic heterocycles. The lowest BCUT2D eigenvalue weighted by Gasteiger charge is -2.00. The Bertz CT molecular complexity index is 1560. The van der Waals surface area contributed by atoms with E-state index in [1.165, 1.54) is 0 Å². The average Bonchev–Trinajstić information content (AvgIpc) is 3.30. The van der Waals surface area contributed by atoms with Crippen LogP contribution >= 0.6 is 0 Å². The lowest BCUT2D eigenvalue weighted by molar-refractivity contribution is 0.669. The van der Waals surface area contributed by atoms with E-state index in [1.54, 1.807) is 18.2 Å². The molecular weight excluding hydrogens is 348 g/mol. The molecule has 4 heteroatoms. The molecule has 0 atom stereocenters. The van der Waals surface area contributed by atoms with Gasteiger partial charge in [-0.2, -0.15) is 5.26 Å². The highest BCUT2D eigenvalue weighted by Crippen LogP contribution is 2.40. The molecule has 2 aromatic heterocycles. The molecule has 28 heavy (non-hydrogen) atoms. The van der Waals surface area contributed by atoms with E-state index in [0.717, 1.165) is 43.5 Å². The average molecular weight is 358 g/mol. The minimum Gasteiger partial charge on any atom is -0.457 e. The number of rotatable bonds is 0. The molecule has 0 amide bonds. The number of fused-ring (bicyclic) bond motifs is 9. The van der Waals surface area contributed by atoms with Crippen LogP contribution in [0.4, 0.5) is 5.69 Å². The van der Waals surface area contributed by atoms with Crippen molar-refractivity contribution in [2.24, 2.45) is 0 Å². The number of nitriles is 1. The van der Waals surface area contributed by atoms with Gasteiger partial charge < -0.3 is 8.83 Å². The highest BCUT2D eigenvalue weighted by Gasteiger charge is 2.15. The summed E-state index contributed by atoms with van der Waals surface area (Å²) < 4.78 is 12.3. The van der Waals surface area contributed by atoms with Crippen LogP contribution in [0.3, 0.4) is 0 Å². The molecule has 0 unspecified atom stereocenters. The summed E-state index contributed by atoms with van der Waals surface area (Å²) in [5.74, 6) is 0. The molecule has 6 aromatic rings. The van der Waals surface area contributed by atoms with Gasteiger partial charge in [-0.3, -0.25) is 0 Å². The fraction of sp³-hybridized carbons (Fsp3) is 0. The van der Waals surface area contributed by atoms with E-state index >= 15 is 0 Å². The molecule has 0 fully saturated rings. The molecule has 0 saturated heterocycles. The third-order valence-corrected chi connectivity index (χ3v) is 5.31. The van der Waals surface area contributed by atoms with E-state index in [2.05, 4.69) is 10.9 Å². The SMILES string of the molecule is [C-]#[N+]c1ccc2c(c1)oc1c2ccc2c1ccc1c3ccc(C#N)cc3oc12. The Labute approximate surface area is 158 Å². The Morgan fingerprint density at radius 1 is 0.679 bits per heavy atom. The van der Waals surface area contributed by atoms with Crippen LogP contribution in [0.5, 0.6) is 0 Å². The minimum atomic E-state index is 0.559. The summed E-state index contributed by atoms with van der Waals surface area (Å²) in [5, 5.41) is 15.1. The molecule has 4 nitrogen and oxygen atoms in total. The Morgan fingerprint density at radius 2 is 1.18 bits per heavy atom. The molecular formula is C24H10N2O2. The fourth-order valence-electron chi connectivity index (χ4n) is 4.00. The minimum absolute atomic E-state index is 0.559. The first kappa shape index (κ1) is 14.8. The summed E-state index contributed by atoms with van der Waals surface area (Å²) in [6.07, 6.45) is 0. The van der Waals surface area contributed by atoms with Gasteiger partial charge in [-0.15, -0.1) is 0 Å². The summed E-state index contributed by atoms with van der Waals surface area (Å²) in [6, 6.07) is 21.3. The van der Waals surface area contributed by atoms with Gasteiger partial charge in [0.15, 0.2) is 5.69 Å². The van der Waals surface area contributed by atoms with E-state index in [-0.39, 0.29) is 0 Å². The zero-order valence-corrected chi connectivity index (χ0v) is 14.5. The Hall–Kier alpha value is -4.28. The zero-order valence-electron chi connectivity index (χ0n) is 14.5. The number of hydrogen-bond acceptors (Lipinski definition) is 3. The summed E-state index contributed by atoms with van der Waals surface area (Å²) in [5.41, 5.74) is 4.11. The summed E-state index contributed by atoms with van der Waals surface area (Å²) in [4.78, 5) is 3.48. The molecule has 6 rings (SSSR count). The van der Waals surface area contributed by atoms with Crippen LogP contribution in [-0.2, 0) is 0 Å². The van der Waals surface area contributed by atoms with E-state index in [0.29, 0.717) is 22.4 Å². The van der Waals surface area contributed by atoms with Crippen LogP contribution in [0.25, 0.3) is 59.5 Å². The van der Waals surface area contributed by atoms with Crippen molar-refractivity contribution in [3.05, 3.63) is 77.6 Å². The van der Waals surface area contributed by atoms with Crippen molar-refractivity contribution in [3.63, 3.8) is 0 Å². The van der Waals surface area contributed by atoms with Crippen LogP contribution in [0.1, 0.15) is 5.56 Å². The maximum atomic E-state index is 9.15. The topological polar surface area (TPSA) is 54.4 Å². The molecule has 0 aliphatic rings. The largest absolute Gasteiger partial charge is 0.457 e. The predicted molar refractivity (Wildman–Crippen MR) is 109 cm³/mol. The first-order chi connectivity index (χ1) is 13.8. The van der Waals surface area contributed by atoms with E-state index < -0.39 is 0 Å². The highest BCUT2D eigenvalue weighted by molar-refractivity contribution is 6.22. The molecule has 2 heterocycles. The fourth-order valence-corrected chi connectivity index (χ4v) is 4.00. The van der Waals surface area contributed by atoms with Crippen molar-refractivity contribution < 1.29 is 8.83 Å². The summed E-state index contributed by atoms with van der Waals surface area (Å²) >= 11 is 0. The second kappa shape index (κ2) is 5.13. The molecule has 0 spiro atoms. The van der Waals surface area contributed by atoms with Crippen LogP contribution in [0, 0.1) is 17.9 Å². The maximum Gasteiger partial charge on any atom is 0.190 e. The molecule has 0 aliphatic carbocycles. The molecule has 128 valence electrons. The number of furan rings is 2. The molecule has 0 saturated carbocycles. The Balaban J connectivity index is 1.76. The molecule has 4 aromatic carbocycles. The van der Waals surface area contributed by atoms with Gasteiger partial charge in [0.05, 0.1) is 18.2 Å².